The van der Waals surface area contributed by atoms with Crippen molar-refractivity contribution in [3.05, 3.63) is 28.8 Å². The van der Waals surface area contributed by atoms with Crippen molar-refractivity contribution in [3.63, 3.8) is 0 Å². The van der Waals surface area contributed by atoms with Gasteiger partial charge in [-0.25, -0.2) is 0 Å². The second-order valence-corrected chi connectivity index (χ2v) is 5.66. The molecule has 112 valence electrons. The molecule has 0 saturated carbocycles. The van der Waals surface area contributed by atoms with Crippen LogP contribution < -0.4 is 10.1 Å². The van der Waals surface area contributed by atoms with E-state index in [0.717, 1.165) is 55.3 Å². The van der Waals surface area contributed by atoms with Gasteiger partial charge in [-0.05, 0) is 37.9 Å². The van der Waals surface area contributed by atoms with Crippen molar-refractivity contribution in [2.45, 2.75) is 32.3 Å². The van der Waals surface area contributed by atoms with Gasteiger partial charge in [0.25, 0.3) is 0 Å². The van der Waals surface area contributed by atoms with Gasteiger partial charge in [0.2, 0.25) is 0 Å². The number of ether oxygens (including phenoxy) is 2. The van der Waals surface area contributed by atoms with Crippen LogP contribution in [-0.2, 0) is 4.74 Å². The van der Waals surface area contributed by atoms with Crippen molar-refractivity contribution < 1.29 is 9.47 Å². The van der Waals surface area contributed by atoms with Crippen molar-refractivity contribution in [3.8, 4) is 5.75 Å². The molecule has 4 heteroatoms. The quantitative estimate of drug-likeness (QED) is 0.810. The highest BCUT2D eigenvalue weighted by Gasteiger charge is 2.31. The summed E-state index contributed by atoms with van der Waals surface area (Å²) in [6.45, 7) is 4.98. The van der Waals surface area contributed by atoms with Crippen LogP contribution in [0.25, 0.3) is 0 Å². The third kappa shape index (κ3) is 3.66. The highest BCUT2D eigenvalue weighted by molar-refractivity contribution is 6.31. The Hall–Kier alpha value is -0.770. The molecule has 1 N–H and O–H groups in total. The Balaban J connectivity index is 2.19. The predicted molar refractivity (Wildman–Crippen MR) is 82.6 cm³/mol. The Morgan fingerprint density at radius 1 is 1.45 bits per heavy atom. The van der Waals surface area contributed by atoms with E-state index in [1.54, 1.807) is 7.11 Å². The fraction of sp³-hybridized carbons (Fsp3) is 0.625. The number of halogens is 1. The van der Waals surface area contributed by atoms with E-state index in [2.05, 4.69) is 12.2 Å². The number of rotatable bonds is 6. The van der Waals surface area contributed by atoms with Crippen LogP contribution in [0.1, 0.15) is 37.9 Å². The first-order valence-corrected chi connectivity index (χ1v) is 7.80. The van der Waals surface area contributed by atoms with Gasteiger partial charge in [-0.3, -0.25) is 0 Å². The maximum Gasteiger partial charge on any atom is 0.126 e. The molecule has 0 aliphatic carbocycles. The summed E-state index contributed by atoms with van der Waals surface area (Å²) in [7, 11) is 1.68. The van der Waals surface area contributed by atoms with Crippen molar-refractivity contribution in [1.82, 2.24) is 5.32 Å². The molecule has 2 atom stereocenters. The topological polar surface area (TPSA) is 30.5 Å². The van der Waals surface area contributed by atoms with Crippen LogP contribution in [0.15, 0.2) is 18.2 Å². The van der Waals surface area contributed by atoms with Crippen LogP contribution in [0.2, 0.25) is 5.02 Å². The normalized spacial score (nSPS) is 22.8. The standard InChI is InChI=1S/C16H24ClNO2/c1-3-9-18-11-12-6-5-10-20-16(12)15-13(17)7-4-8-14(15)19-2/h4,7-8,12,16,18H,3,5-6,9-11H2,1-2H3. The number of nitrogens with one attached hydrogen (secondary N) is 1. The first kappa shape index (κ1) is 15.6. The molecule has 0 amide bonds. The van der Waals surface area contributed by atoms with Crippen molar-refractivity contribution in [1.29, 1.82) is 0 Å². The molecule has 3 nitrogen and oxygen atoms in total. The summed E-state index contributed by atoms with van der Waals surface area (Å²) in [4.78, 5) is 0. The Kier molecular flexibility index (Phi) is 6.14. The zero-order valence-electron chi connectivity index (χ0n) is 12.3. The van der Waals surface area contributed by atoms with Crippen LogP contribution in [0.5, 0.6) is 5.75 Å². The molecule has 1 aromatic carbocycles. The van der Waals surface area contributed by atoms with Gasteiger partial charge < -0.3 is 14.8 Å². The van der Waals surface area contributed by atoms with E-state index in [0.29, 0.717) is 5.92 Å². The van der Waals surface area contributed by atoms with E-state index in [9.17, 15) is 0 Å². The molecule has 2 rings (SSSR count). The fourth-order valence-electron chi connectivity index (χ4n) is 2.81. The van der Waals surface area contributed by atoms with Gasteiger partial charge >= 0.3 is 0 Å². The summed E-state index contributed by atoms with van der Waals surface area (Å²) in [5, 5.41) is 4.23. The van der Waals surface area contributed by atoms with Gasteiger partial charge in [-0.1, -0.05) is 24.6 Å². The van der Waals surface area contributed by atoms with Gasteiger partial charge in [0.1, 0.15) is 5.75 Å². The molecule has 1 aliphatic heterocycles. The lowest BCUT2D eigenvalue weighted by molar-refractivity contribution is -0.0287. The van der Waals surface area contributed by atoms with Gasteiger partial charge in [0, 0.05) is 24.6 Å². The largest absolute Gasteiger partial charge is 0.496 e. The molecule has 1 fully saturated rings. The lowest BCUT2D eigenvalue weighted by Gasteiger charge is -2.33. The molecule has 0 spiro atoms. The maximum absolute atomic E-state index is 6.39. The second kappa shape index (κ2) is 7.87. The van der Waals surface area contributed by atoms with Crippen LogP contribution in [0.4, 0.5) is 0 Å². The van der Waals surface area contributed by atoms with E-state index in [1.807, 2.05) is 18.2 Å². The molecule has 0 bridgehead atoms. The summed E-state index contributed by atoms with van der Waals surface area (Å²) in [5.74, 6) is 1.27. The van der Waals surface area contributed by atoms with Gasteiger partial charge in [0.15, 0.2) is 0 Å². The summed E-state index contributed by atoms with van der Waals surface area (Å²) in [6.07, 6.45) is 3.45. The minimum Gasteiger partial charge on any atom is -0.496 e. The molecule has 1 saturated heterocycles. The Labute approximate surface area is 126 Å². The zero-order chi connectivity index (χ0) is 14.4. The monoisotopic (exact) mass is 297 g/mol. The van der Waals surface area contributed by atoms with Crippen LogP contribution in [0.3, 0.4) is 0 Å². The van der Waals surface area contributed by atoms with E-state index in [4.69, 9.17) is 21.1 Å². The van der Waals surface area contributed by atoms with Crippen molar-refractivity contribution >= 4 is 11.6 Å². The second-order valence-electron chi connectivity index (χ2n) is 5.25. The van der Waals surface area contributed by atoms with Gasteiger partial charge in [0.05, 0.1) is 18.2 Å². The highest BCUT2D eigenvalue weighted by atomic mass is 35.5. The highest BCUT2D eigenvalue weighted by Crippen LogP contribution is 2.41. The molecule has 0 radical (unpaired) electrons. The van der Waals surface area contributed by atoms with E-state index in [-0.39, 0.29) is 6.10 Å². The molecule has 0 aromatic heterocycles. The van der Waals surface area contributed by atoms with Crippen LogP contribution in [0, 0.1) is 5.92 Å². The third-order valence-electron chi connectivity index (χ3n) is 3.80. The summed E-state index contributed by atoms with van der Waals surface area (Å²) in [5.41, 5.74) is 1.000. The smallest absolute Gasteiger partial charge is 0.126 e. The molecule has 1 aliphatic rings. The molecular formula is C16H24ClNO2. The number of hydrogen-bond acceptors (Lipinski definition) is 3. The van der Waals surface area contributed by atoms with E-state index < -0.39 is 0 Å². The lowest BCUT2D eigenvalue weighted by Crippen LogP contribution is -2.32. The Bertz CT molecular complexity index is 425. The average molecular weight is 298 g/mol. The van der Waals surface area contributed by atoms with Gasteiger partial charge in [-0.2, -0.15) is 0 Å². The first-order valence-electron chi connectivity index (χ1n) is 7.42. The van der Waals surface area contributed by atoms with E-state index >= 15 is 0 Å². The third-order valence-corrected chi connectivity index (χ3v) is 4.13. The molecular weight excluding hydrogens is 274 g/mol. The summed E-state index contributed by atoms with van der Waals surface area (Å²) in [6, 6.07) is 5.78. The SMILES string of the molecule is CCCNCC1CCCOC1c1c(Cl)cccc1OC. The molecule has 20 heavy (non-hydrogen) atoms. The lowest BCUT2D eigenvalue weighted by atomic mass is 9.89. The Morgan fingerprint density at radius 3 is 3.05 bits per heavy atom. The zero-order valence-corrected chi connectivity index (χ0v) is 13.1. The fourth-order valence-corrected chi connectivity index (χ4v) is 3.08. The summed E-state index contributed by atoms with van der Waals surface area (Å²) >= 11 is 6.39. The first-order chi connectivity index (χ1) is 9.77. The molecule has 2 unspecified atom stereocenters. The number of hydrogen-bond donors (Lipinski definition) is 1. The maximum atomic E-state index is 6.39. The number of benzene rings is 1. The molecule has 1 aromatic rings. The van der Waals surface area contributed by atoms with Crippen LogP contribution >= 0.6 is 11.6 Å². The van der Waals surface area contributed by atoms with Crippen molar-refractivity contribution in [2.75, 3.05) is 26.8 Å². The van der Waals surface area contributed by atoms with Gasteiger partial charge in [-0.15, -0.1) is 0 Å². The Morgan fingerprint density at radius 2 is 2.30 bits per heavy atom. The minimum absolute atomic E-state index is 0.0248. The predicted octanol–water partition coefficient (Wildman–Crippen LogP) is 3.82. The minimum atomic E-state index is 0.0248. The number of methoxy groups -OCH3 is 1. The molecule has 1 heterocycles. The average Bonchev–Trinajstić information content (AvgIpc) is 2.48. The van der Waals surface area contributed by atoms with Crippen LogP contribution in [-0.4, -0.2) is 26.8 Å². The van der Waals surface area contributed by atoms with Crippen molar-refractivity contribution in [2.24, 2.45) is 5.92 Å². The van der Waals surface area contributed by atoms with E-state index in [1.165, 1.54) is 0 Å². The summed E-state index contributed by atoms with van der Waals surface area (Å²) < 4.78 is 11.5.